The molecule has 2 unspecified atom stereocenters. The van der Waals surface area contributed by atoms with E-state index < -0.39 is 0 Å². The Morgan fingerprint density at radius 2 is 2.17 bits per heavy atom. The van der Waals surface area contributed by atoms with Crippen LogP contribution in [0.5, 0.6) is 0 Å². The zero-order valence-electron chi connectivity index (χ0n) is 7.96. The third-order valence-corrected chi connectivity index (χ3v) is 2.87. The number of rotatable bonds is 1. The molecule has 0 spiro atoms. The Balaban J connectivity index is 2.69. The van der Waals surface area contributed by atoms with Crippen molar-refractivity contribution in [1.29, 1.82) is 0 Å². The molecule has 1 saturated carbocycles. The molecule has 0 saturated heterocycles. The van der Waals surface area contributed by atoms with Crippen LogP contribution < -0.4 is 5.73 Å². The van der Waals surface area contributed by atoms with Crippen molar-refractivity contribution in [3.8, 4) is 0 Å². The van der Waals surface area contributed by atoms with E-state index in [1.165, 1.54) is 7.11 Å². The molecule has 1 aliphatic carbocycles. The lowest BCUT2D eigenvalue weighted by Crippen LogP contribution is -2.28. The Bertz CT molecular complexity index is 181. The summed E-state index contributed by atoms with van der Waals surface area (Å²) in [6, 6.07) is 0.147. The van der Waals surface area contributed by atoms with E-state index in [1.54, 1.807) is 0 Å². The fraction of sp³-hybridized carbons (Fsp3) is 0.889. The van der Waals surface area contributed by atoms with Crippen molar-refractivity contribution in [3.05, 3.63) is 0 Å². The highest BCUT2D eigenvalue weighted by molar-refractivity contribution is 5.76. The summed E-state index contributed by atoms with van der Waals surface area (Å²) in [6.07, 6.45) is 1.60. The smallest absolute Gasteiger partial charge is 0.311 e. The van der Waals surface area contributed by atoms with E-state index in [9.17, 15) is 4.79 Å². The third-order valence-electron chi connectivity index (χ3n) is 2.87. The van der Waals surface area contributed by atoms with Gasteiger partial charge in [0.05, 0.1) is 12.5 Å². The highest BCUT2D eigenvalue weighted by atomic mass is 16.5. The molecule has 0 radical (unpaired) electrons. The highest BCUT2D eigenvalue weighted by Gasteiger charge is 2.44. The molecule has 3 heteroatoms. The molecule has 2 N–H and O–H groups in total. The summed E-state index contributed by atoms with van der Waals surface area (Å²) in [6.45, 7) is 4.01. The van der Waals surface area contributed by atoms with Crippen LogP contribution in [0.25, 0.3) is 0 Å². The van der Waals surface area contributed by atoms with E-state index in [0.29, 0.717) is 5.92 Å². The number of carbonyl (C=O) groups is 1. The molecule has 0 aromatic rings. The molecule has 1 rings (SSSR count). The van der Waals surface area contributed by atoms with Crippen molar-refractivity contribution in [2.24, 2.45) is 17.1 Å². The molecule has 3 atom stereocenters. The fourth-order valence-electron chi connectivity index (χ4n) is 2.08. The van der Waals surface area contributed by atoms with Gasteiger partial charge in [0.15, 0.2) is 0 Å². The van der Waals surface area contributed by atoms with Crippen molar-refractivity contribution in [2.45, 2.75) is 32.7 Å². The Labute approximate surface area is 73.3 Å². The molecule has 3 nitrogen and oxygen atoms in total. The topological polar surface area (TPSA) is 52.3 Å². The molecule has 1 fully saturated rings. The van der Waals surface area contributed by atoms with Gasteiger partial charge < -0.3 is 10.5 Å². The summed E-state index contributed by atoms with van der Waals surface area (Å²) >= 11 is 0. The maximum atomic E-state index is 11.3. The molecule has 70 valence electrons. The van der Waals surface area contributed by atoms with Gasteiger partial charge in [-0.05, 0) is 25.7 Å². The van der Waals surface area contributed by atoms with Crippen molar-refractivity contribution in [1.82, 2.24) is 0 Å². The van der Waals surface area contributed by atoms with Gasteiger partial charge in [0.25, 0.3) is 0 Å². The molecular weight excluding hydrogens is 154 g/mol. The summed E-state index contributed by atoms with van der Waals surface area (Å²) in [5, 5.41) is 0. The average Bonchev–Trinajstić information content (AvgIpc) is 2.26. The maximum Gasteiger partial charge on any atom is 0.311 e. The molecule has 0 aromatic heterocycles. The Morgan fingerprint density at radius 1 is 1.58 bits per heavy atom. The van der Waals surface area contributed by atoms with Gasteiger partial charge in [-0.15, -0.1) is 0 Å². The zero-order valence-corrected chi connectivity index (χ0v) is 7.96. The lowest BCUT2D eigenvalue weighted by atomic mass is 9.88. The summed E-state index contributed by atoms with van der Waals surface area (Å²) in [5.74, 6) is 0.302. The van der Waals surface area contributed by atoms with Crippen molar-refractivity contribution < 1.29 is 9.53 Å². The molecule has 1 aliphatic rings. The highest BCUT2D eigenvalue weighted by Crippen LogP contribution is 2.41. The largest absolute Gasteiger partial charge is 0.469 e. The van der Waals surface area contributed by atoms with E-state index in [-0.39, 0.29) is 17.4 Å². The van der Waals surface area contributed by atoms with Crippen molar-refractivity contribution >= 4 is 5.97 Å². The standard InChI is InChI=1S/C9H17NO2/c1-6-4-9(2,5-7(6)10)8(11)12-3/h6-7H,4-5,10H2,1-3H3/t6?,7-,9?/m0/s1. The molecule has 0 amide bonds. The normalized spacial score (nSPS) is 41.3. The van der Waals surface area contributed by atoms with Crippen LogP contribution in [0.2, 0.25) is 0 Å². The summed E-state index contributed by atoms with van der Waals surface area (Å²) < 4.78 is 4.74. The first-order valence-corrected chi connectivity index (χ1v) is 4.33. The third kappa shape index (κ3) is 1.46. The van der Waals surface area contributed by atoms with Crippen LogP contribution >= 0.6 is 0 Å². The number of nitrogens with two attached hydrogens (primary N) is 1. The molecule has 0 aliphatic heterocycles. The van der Waals surface area contributed by atoms with Crippen LogP contribution in [-0.2, 0) is 9.53 Å². The van der Waals surface area contributed by atoms with E-state index in [2.05, 4.69) is 6.92 Å². The van der Waals surface area contributed by atoms with E-state index in [1.807, 2.05) is 6.92 Å². The van der Waals surface area contributed by atoms with Crippen molar-refractivity contribution in [2.75, 3.05) is 7.11 Å². The minimum atomic E-state index is -0.340. The van der Waals surface area contributed by atoms with Gasteiger partial charge in [-0.3, -0.25) is 4.79 Å². The van der Waals surface area contributed by atoms with Gasteiger partial charge in [-0.1, -0.05) is 6.92 Å². The van der Waals surface area contributed by atoms with Gasteiger partial charge >= 0.3 is 5.97 Å². The lowest BCUT2D eigenvalue weighted by molar-refractivity contribution is -0.151. The average molecular weight is 171 g/mol. The number of methoxy groups -OCH3 is 1. The first kappa shape index (κ1) is 9.52. The zero-order chi connectivity index (χ0) is 9.35. The monoisotopic (exact) mass is 171 g/mol. The second-order valence-electron chi connectivity index (χ2n) is 4.10. The predicted octanol–water partition coefficient (Wildman–Crippen LogP) is 0.923. The number of esters is 1. The predicted molar refractivity (Wildman–Crippen MR) is 46.5 cm³/mol. The lowest BCUT2D eigenvalue weighted by Gasteiger charge is -2.19. The molecule has 12 heavy (non-hydrogen) atoms. The second-order valence-corrected chi connectivity index (χ2v) is 4.10. The summed E-state index contributed by atoms with van der Waals surface area (Å²) in [4.78, 5) is 11.3. The Kier molecular flexibility index (Phi) is 2.42. The minimum absolute atomic E-state index is 0.123. The Hall–Kier alpha value is -0.570. The number of hydrogen-bond donors (Lipinski definition) is 1. The number of ether oxygens (including phenoxy) is 1. The number of hydrogen-bond acceptors (Lipinski definition) is 3. The molecule has 0 heterocycles. The van der Waals surface area contributed by atoms with E-state index in [4.69, 9.17) is 10.5 Å². The van der Waals surface area contributed by atoms with E-state index >= 15 is 0 Å². The first-order valence-electron chi connectivity index (χ1n) is 4.33. The van der Waals surface area contributed by atoms with Crippen LogP contribution in [0.3, 0.4) is 0 Å². The summed E-state index contributed by atoms with van der Waals surface area (Å²) in [7, 11) is 1.43. The van der Waals surface area contributed by atoms with Gasteiger partial charge in [0.2, 0.25) is 0 Å². The maximum absolute atomic E-state index is 11.3. The quantitative estimate of drug-likeness (QED) is 0.597. The SMILES string of the molecule is COC(=O)C1(C)CC(C)[C@@H](N)C1. The molecule has 0 aromatic carbocycles. The molecule has 0 bridgehead atoms. The summed E-state index contributed by atoms with van der Waals surface area (Å²) in [5.41, 5.74) is 5.50. The van der Waals surface area contributed by atoms with Crippen LogP contribution in [0.1, 0.15) is 26.7 Å². The second kappa shape index (κ2) is 3.05. The molecular formula is C9H17NO2. The van der Waals surface area contributed by atoms with Crippen LogP contribution in [0.4, 0.5) is 0 Å². The van der Waals surface area contributed by atoms with Gasteiger partial charge in [-0.25, -0.2) is 0 Å². The van der Waals surface area contributed by atoms with Gasteiger partial charge in [-0.2, -0.15) is 0 Å². The van der Waals surface area contributed by atoms with Gasteiger partial charge in [0.1, 0.15) is 0 Å². The minimum Gasteiger partial charge on any atom is -0.469 e. The van der Waals surface area contributed by atoms with Crippen LogP contribution in [0, 0.1) is 11.3 Å². The first-order chi connectivity index (χ1) is 5.49. The van der Waals surface area contributed by atoms with E-state index in [0.717, 1.165) is 12.8 Å². The fourth-order valence-corrected chi connectivity index (χ4v) is 2.08. The van der Waals surface area contributed by atoms with Crippen molar-refractivity contribution in [3.63, 3.8) is 0 Å². The Morgan fingerprint density at radius 3 is 2.50 bits per heavy atom. The van der Waals surface area contributed by atoms with Crippen LogP contribution in [0.15, 0.2) is 0 Å². The van der Waals surface area contributed by atoms with Crippen LogP contribution in [-0.4, -0.2) is 19.1 Å². The number of carbonyl (C=O) groups excluding carboxylic acids is 1. The van der Waals surface area contributed by atoms with Gasteiger partial charge in [0, 0.05) is 6.04 Å².